The first-order valence-corrected chi connectivity index (χ1v) is 5.89. The molecule has 0 aliphatic rings. The molecule has 95 valence electrons. The highest BCUT2D eigenvalue weighted by Crippen LogP contribution is 2.09. The maximum atomic E-state index is 8.93. The van der Waals surface area contributed by atoms with E-state index in [1.54, 1.807) is 36.4 Å². The fraction of sp³-hybridized carbons (Fsp3) is 0.0625. The van der Waals surface area contributed by atoms with Crippen LogP contribution < -0.4 is 0 Å². The Hall–Kier alpha value is -3.11. The van der Waals surface area contributed by atoms with Gasteiger partial charge in [0.2, 0.25) is 0 Å². The van der Waals surface area contributed by atoms with Gasteiger partial charge in [0.05, 0.1) is 23.3 Å². The predicted octanol–water partition coefficient (Wildman–Crippen LogP) is 2.86. The number of nitrogens with zero attached hydrogens (tertiary/aromatic N) is 3. The summed E-state index contributed by atoms with van der Waals surface area (Å²) in [6, 6.07) is 18.2. The first-order chi connectivity index (χ1) is 9.83. The van der Waals surface area contributed by atoms with Crippen molar-refractivity contribution >= 4 is 6.21 Å². The van der Waals surface area contributed by atoms with Crippen molar-refractivity contribution < 1.29 is 4.84 Å². The average molecular weight is 260 g/mol. The summed E-state index contributed by atoms with van der Waals surface area (Å²) in [6.45, 7) is 0.203. The van der Waals surface area contributed by atoms with Crippen molar-refractivity contribution in [3.8, 4) is 12.1 Å². The molecule has 4 heteroatoms. The molecule has 1 radical (unpaired) electrons. The van der Waals surface area contributed by atoms with Crippen LogP contribution in [0.15, 0.2) is 53.7 Å². The third-order valence-electron chi connectivity index (χ3n) is 2.59. The van der Waals surface area contributed by atoms with E-state index in [0.29, 0.717) is 16.7 Å². The van der Waals surface area contributed by atoms with Crippen molar-refractivity contribution in [2.45, 2.75) is 6.61 Å². The second-order valence-electron chi connectivity index (χ2n) is 3.94. The molecule has 0 saturated heterocycles. The third-order valence-corrected chi connectivity index (χ3v) is 2.59. The third kappa shape index (κ3) is 3.44. The molecule has 0 aromatic heterocycles. The molecule has 0 bridgehead atoms. The summed E-state index contributed by atoms with van der Waals surface area (Å²) in [5.41, 5.74) is 2.54. The van der Waals surface area contributed by atoms with Crippen LogP contribution in [0.5, 0.6) is 0 Å². The molecule has 0 heterocycles. The van der Waals surface area contributed by atoms with Gasteiger partial charge in [0.1, 0.15) is 12.8 Å². The number of nitriles is 2. The van der Waals surface area contributed by atoms with Crippen molar-refractivity contribution in [1.82, 2.24) is 0 Å². The van der Waals surface area contributed by atoms with Crippen LogP contribution in [0.4, 0.5) is 0 Å². The fourth-order valence-corrected chi connectivity index (χ4v) is 1.60. The second-order valence-corrected chi connectivity index (χ2v) is 3.94. The molecule has 0 aliphatic heterocycles. The average Bonchev–Trinajstić information content (AvgIpc) is 2.52. The number of hydrogen-bond donors (Lipinski definition) is 0. The van der Waals surface area contributed by atoms with Gasteiger partial charge in [0, 0.05) is 11.1 Å². The van der Waals surface area contributed by atoms with Crippen LogP contribution in [-0.4, -0.2) is 6.21 Å². The van der Waals surface area contributed by atoms with Gasteiger partial charge < -0.3 is 4.84 Å². The lowest BCUT2D eigenvalue weighted by molar-refractivity contribution is 0.132. The summed E-state index contributed by atoms with van der Waals surface area (Å²) in [7, 11) is 0. The summed E-state index contributed by atoms with van der Waals surface area (Å²) < 4.78 is 0. The predicted molar refractivity (Wildman–Crippen MR) is 73.6 cm³/mol. The molecule has 0 aliphatic carbocycles. The normalized spacial score (nSPS) is 9.90. The minimum absolute atomic E-state index is 0.203. The molecule has 2 aromatic carbocycles. The van der Waals surface area contributed by atoms with Crippen LogP contribution in [0.2, 0.25) is 0 Å². The Labute approximate surface area is 117 Å². The Balaban J connectivity index is 1.97. The zero-order valence-corrected chi connectivity index (χ0v) is 10.6. The Bertz CT molecular complexity index is 708. The molecule has 0 fully saturated rings. The Morgan fingerprint density at radius 2 is 1.75 bits per heavy atom. The molecule has 0 spiro atoms. The lowest BCUT2D eigenvalue weighted by atomic mass is 10.1. The van der Waals surface area contributed by atoms with Crippen molar-refractivity contribution in [3.63, 3.8) is 0 Å². The Morgan fingerprint density at radius 3 is 2.55 bits per heavy atom. The summed E-state index contributed by atoms with van der Waals surface area (Å²) in [6.07, 6.45) is 2.70. The maximum absolute atomic E-state index is 8.93. The van der Waals surface area contributed by atoms with E-state index >= 15 is 0 Å². The molecule has 0 unspecified atom stereocenters. The van der Waals surface area contributed by atoms with Crippen molar-refractivity contribution in [1.29, 1.82) is 10.5 Å². The summed E-state index contributed by atoms with van der Waals surface area (Å²) in [5.74, 6) is 0. The van der Waals surface area contributed by atoms with Crippen LogP contribution in [0.25, 0.3) is 0 Å². The molecule has 20 heavy (non-hydrogen) atoms. The first kappa shape index (κ1) is 13.3. The first-order valence-electron chi connectivity index (χ1n) is 5.89. The van der Waals surface area contributed by atoms with Gasteiger partial charge in [-0.1, -0.05) is 35.5 Å². The van der Waals surface area contributed by atoms with Crippen LogP contribution in [0.1, 0.15) is 22.3 Å². The van der Waals surface area contributed by atoms with Gasteiger partial charge in [-0.25, -0.2) is 0 Å². The lowest BCUT2D eigenvalue weighted by Crippen LogP contribution is -1.92. The SMILES string of the molecule is N#Cc1cccc(/[C]=N\OCc2ccccc2C#N)c1. The van der Waals surface area contributed by atoms with Crippen LogP contribution in [0, 0.1) is 22.7 Å². The van der Waals surface area contributed by atoms with Gasteiger partial charge >= 0.3 is 0 Å². The van der Waals surface area contributed by atoms with E-state index in [1.165, 1.54) is 0 Å². The van der Waals surface area contributed by atoms with Gasteiger partial charge in [0.25, 0.3) is 0 Å². The van der Waals surface area contributed by atoms with E-state index in [1.807, 2.05) is 18.2 Å². The summed E-state index contributed by atoms with van der Waals surface area (Å²) in [5, 5.41) is 21.4. The zero-order chi connectivity index (χ0) is 14.2. The molecule has 2 rings (SSSR count). The van der Waals surface area contributed by atoms with Gasteiger partial charge in [-0.3, -0.25) is 0 Å². The summed E-state index contributed by atoms with van der Waals surface area (Å²) >= 11 is 0. The van der Waals surface area contributed by atoms with Gasteiger partial charge in [0.15, 0.2) is 0 Å². The standard InChI is InChI=1S/C16H10N3O/c17-9-13-4-3-5-14(8-13)11-19-20-12-16-7-2-1-6-15(16)10-18/h1-8H,12H2. The maximum Gasteiger partial charge on any atom is 0.143 e. The van der Waals surface area contributed by atoms with E-state index in [9.17, 15) is 0 Å². The highest BCUT2D eigenvalue weighted by Gasteiger charge is 2.00. The van der Waals surface area contributed by atoms with Gasteiger partial charge in [-0.05, 0) is 18.2 Å². The topological polar surface area (TPSA) is 69.2 Å². The summed E-state index contributed by atoms with van der Waals surface area (Å²) in [4.78, 5) is 5.12. The van der Waals surface area contributed by atoms with Crippen LogP contribution in [-0.2, 0) is 11.4 Å². The van der Waals surface area contributed by atoms with E-state index in [-0.39, 0.29) is 6.61 Å². The van der Waals surface area contributed by atoms with Crippen molar-refractivity contribution in [2.24, 2.45) is 5.16 Å². The largest absolute Gasteiger partial charge is 0.390 e. The highest BCUT2D eigenvalue weighted by atomic mass is 16.6. The van der Waals surface area contributed by atoms with Crippen LogP contribution in [0.3, 0.4) is 0 Å². The zero-order valence-electron chi connectivity index (χ0n) is 10.6. The lowest BCUT2D eigenvalue weighted by Gasteiger charge is -2.01. The smallest absolute Gasteiger partial charge is 0.143 e. The number of hydrogen-bond acceptors (Lipinski definition) is 4. The Morgan fingerprint density at radius 1 is 0.950 bits per heavy atom. The van der Waals surface area contributed by atoms with E-state index in [0.717, 1.165) is 5.56 Å². The van der Waals surface area contributed by atoms with Gasteiger partial charge in [-0.15, -0.1) is 0 Å². The monoisotopic (exact) mass is 260 g/mol. The fourth-order valence-electron chi connectivity index (χ4n) is 1.60. The van der Waals surface area contributed by atoms with Crippen molar-refractivity contribution in [3.05, 3.63) is 70.8 Å². The second kappa shape index (κ2) is 6.72. The molecule has 0 amide bonds. The minimum atomic E-state index is 0.203. The quantitative estimate of drug-likeness (QED) is 0.627. The van der Waals surface area contributed by atoms with E-state index in [4.69, 9.17) is 15.4 Å². The highest BCUT2D eigenvalue weighted by molar-refractivity contribution is 5.79. The van der Waals surface area contributed by atoms with Crippen LogP contribution >= 0.6 is 0 Å². The Kier molecular flexibility index (Phi) is 4.48. The molecular weight excluding hydrogens is 250 g/mol. The molecule has 2 aromatic rings. The van der Waals surface area contributed by atoms with E-state index < -0.39 is 0 Å². The molecule has 0 N–H and O–H groups in total. The molecular formula is C16H10N3O. The molecule has 0 atom stereocenters. The molecule has 0 saturated carbocycles. The van der Waals surface area contributed by atoms with Gasteiger partial charge in [-0.2, -0.15) is 10.5 Å². The molecule has 4 nitrogen and oxygen atoms in total. The van der Waals surface area contributed by atoms with Crippen molar-refractivity contribution in [2.75, 3.05) is 0 Å². The number of benzene rings is 2. The minimum Gasteiger partial charge on any atom is -0.390 e. The number of rotatable bonds is 4. The van der Waals surface area contributed by atoms with E-state index in [2.05, 4.69) is 17.4 Å².